The van der Waals surface area contributed by atoms with Crippen molar-refractivity contribution in [2.45, 2.75) is 12.8 Å². The molecule has 0 aliphatic rings. The van der Waals surface area contributed by atoms with Gasteiger partial charge in [0.05, 0.1) is 5.52 Å². The second-order valence-electron chi connectivity index (χ2n) is 3.68. The van der Waals surface area contributed by atoms with Gasteiger partial charge in [-0.15, -0.1) is 0 Å². The van der Waals surface area contributed by atoms with Gasteiger partial charge in [0, 0.05) is 42.6 Å². The monoisotopic (exact) mass is 231 g/mol. The zero-order valence-electron chi connectivity index (χ0n) is 9.26. The molecule has 0 aromatic carbocycles. The van der Waals surface area contributed by atoms with E-state index in [0.717, 1.165) is 16.6 Å². The van der Waals surface area contributed by atoms with E-state index in [1.165, 1.54) is 0 Å². The molecule has 0 atom stereocenters. The molecule has 2 N–H and O–H groups in total. The predicted molar refractivity (Wildman–Crippen MR) is 64.9 cm³/mol. The summed E-state index contributed by atoms with van der Waals surface area (Å²) < 4.78 is 0. The van der Waals surface area contributed by atoms with Crippen LogP contribution in [0.5, 0.6) is 0 Å². The third-order valence-electron chi connectivity index (χ3n) is 2.43. The van der Waals surface area contributed by atoms with Crippen LogP contribution in [0.25, 0.3) is 10.9 Å². The third kappa shape index (κ3) is 2.90. The number of carbonyl (C=O) groups is 1. The van der Waals surface area contributed by atoms with Crippen LogP contribution in [0.2, 0.25) is 0 Å². The van der Waals surface area contributed by atoms with Crippen LogP contribution in [-0.2, 0) is 4.79 Å². The molecule has 0 saturated heterocycles. The number of hydrogen-bond donors (Lipinski definition) is 2. The number of aliphatic carboxylic acids is 1. The Bertz CT molecular complexity index is 523. The van der Waals surface area contributed by atoms with Crippen LogP contribution >= 0.6 is 0 Å². The van der Waals surface area contributed by atoms with E-state index in [2.05, 4.69) is 15.3 Å². The van der Waals surface area contributed by atoms with Crippen molar-refractivity contribution in [1.82, 2.24) is 9.97 Å². The van der Waals surface area contributed by atoms with Crippen LogP contribution in [0.1, 0.15) is 12.8 Å². The van der Waals surface area contributed by atoms with Gasteiger partial charge in [-0.3, -0.25) is 14.8 Å². The third-order valence-corrected chi connectivity index (χ3v) is 2.43. The number of aromatic nitrogens is 2. The molecule has 0 unspecified atom stereocenters. The summed E-state index contributed by atoms with van der Waals surface area (Å²) in [5.74, 6) is -0.770. The molecule has 17 heavy (non-hydrogen) atoms. The zero-order valence-corrected chi connectivity index (χ0v) is 9.26. The van der Waals surface area contributed by atoms with Crippen molar-refractivity contribution in [3.8, 4) is 0 Å². The molecule has 2 heterocycles. The Balaban J connectivity index is 2.05. The van der Waals surface area contributed by atoms with Gasteiger partial charge in [0.15, 0.2) is 0 Å². The molecule has 0 bridgehead atoms. The second kappa shape index (κ2) is 5.25. The van der Waals surface area contributed by atoms with Crippen LogP contribution in [0.15, 0.2) is 30.7 Å². The number of nitrogens with zero attached hydrogens (tertiary/aromatic N) is 2. The number of carboxylic acids is 1. The summed E-state index contributed by atoms with van der Waals surface area (Å²) in [6.45, 7) is 0.625. The van der Waals surface area contributed by atoms with Gasteiger partial charge in [-0.1, -0.05) is 0 Å². The first-order valence-corrected chi connectivity index (χ1v) is 5.42. The van der Waals surface area contributed by atoms with E-state index in [1.54, 1.807) is 18.6 Å². The van der Waals surface area contributed by atoms with Gasteiger partial charge in [0.2, 0.25) is 0 Å². The minimum Gasteiger partial charge on any atom is -0.481 e. The van der Waals surface area contributed by atoms with Gasteiger partial charge in [0.25, 0.3) is 0 Å². The predicted octanol–water partition coefficient (Wildman–Crippen LogP) is 1.91. The van der Waals surface area contributed by atoms with E-state index in [-0.39, 0.29) is 6.42 Å². The van der Waals surface area contributed by atoms with Gasteiger partial charge in [0.1, 0.15) is 0 Å². The highest BCUT2D eigenvalue weighted by molar-refractivity contribution is 5.90. The lowest BCUT2D eigenvalue weighted by Crippen LogP contribution is -2.05. The molecule has 5 nitrogen and oxygen atoms in total. The van der Waals surface area contributed by atoms with Crippen LogP contribution in [0, 0.1) is 0 Å². The Morgan fingerprint density at radius 3 is 3.06 bits per heavy atom. The largest absolute Gasteiger partial charge is 0.481 e. The summed E-state index contributed by atoms with van der Waals surface area (Å²) in [5.41, 5.74) is 1.82. The molecule has 2 aromatic heterocycles. The van der Waals surface area contributed by atoms with Gasteiger partial charge in [-0.25, -0.2) is 0 Å². The van der Waals surface area contributed by atoms with E-state index >= 15 is 0 Å². The summed E-state index contributed by atoms with van der Waals surface area (Å²) in [6.07, 6.45) is 5.95. The summed E-state index contributed by atoms with van der Waals surface area (Å²) in [6, 6.07) is 3.71. The number of hydrogen-bond acceptors (Lipinski definition) is 4. The Morgan fingerprint density at radius 1 is 1.35 bits per heavy atom. The minimum absolute atomic E-state index is 0.175. The number of carboxylic acid groups (broad SMARTS) is 1. The maximum absolute atomic E-state index is 10.4. The standard InChI is InChI=1S/C12H13N3O2/c16-12(17)2-1-5-14-11-4-7-15-10-3-6-13-8-9(10)11/h3-4,6-8H,1-2,5H2,(H,14,15)(H,16,17). The molecule has 2 aromatic rings. The van der Waals surface area contributed by atoms with Gasteiger partial charge in [-0.2, -0.15) is 0 Å². The fourth-order valence-corrected chi connectivity index (χ4v) is 1.61. The first-order chi connectivity index (χ1) is 8.27. The normalized spacial score (nSPS) is 10.4. The molecular formula is C12H13N3O2. The van der Waals surface area contributed by atoms with Crippen molar-refractivity contribution >= 4 is 22.6 Å². The lowest BCUT2D eigenvalue weighted by atomic mass is 10.2. The Kier molecular flexibility index (Phi) is 3.49. The summed E-state index contributed by atoms with van der Waals surface area (Å²) >= 11 is 0. The number of anilines is 1. The SMILES string of the molecule is O=C(O)CCCNc1ccnc2ccncc12. The summed E-state index contributed by atoms with van der Waals surface area (Å²) in [5, 5.41) is 12.7. The molecule has 0 aliphatic carbocycles. The van der Waals surface area contributed by atoms with Crippen molar-refractivity contribution in [2.24, 2.45) is 0 Å². The van der Waals surface area contributed by atoms with Crippen molar-refractivity contribution in [1.29, 1.82) is 0 Å². The summed E-state index contributed by atoms with van der Waals surface area (Å²) in [7, 11) is 0. The average Bonchev–Trinajstić information content (AvgIpc) is 2.34. The topological polar surface area (TPSA) is 75.1 Å². The number of nitrogens with one attached hydrogen (secondary N) is 1. The second-order valence-corrected chi connectivity index (χ2v) is 3.68. The fraction of sp³-hybridized carbons (Fsp3) is 0.250. The van der Waals surface area contributed by atoms with Crippen molar-refractivity contribution in [3.63, 3.8) is 0 Å². The Hall–Kier alpha value is -2.17. The van der Waals surface area contributed by atoms with E-state index in [0.29, 0.717) is 13.0 Å². The van der Waals surface area contributed by atoms with Gasteiger partial charge in [-0.05, 0) is 18.6 Å². The molecule has 88 valence electrons. The summed E-state index contributed by atoms with van der Waals surface area (Å²) in [4.78, 5) is 18.7. The number of fused-ring (bicyclic) bond motifs is 1. The number of rotatable bonds is 5. The van der Waals surface area contributed by atoms with Crippen molar-refractivity contribution in [3.05, 3.63) is 30.7 Å². The molecule has 5 heteroatoms. The lowest BCUT2D eigenvalue weighted by Gasteiger charge is -2.07. The molecule has 0 fully saturated rings. The van der Waals surface area contributed by atoms with E-state index in [4.69, 9.17) is 5.11 Å². The quantitative estimate of drug-likeness (QED) is 0.769. The maximum atomic E-state index is 10.4. The van der Waals surface area contributed by atoms with Gasteiger partial charge < -0.3 is 10.4 Å². The van der Waals surface area contributed by atoms with Gasteiger partial charge >= 0.3 is 5.97 Å². The van der Waals surface area contributed by atoms with Crippen LogP contribution in [0.3, 0.4) is 0 Å². The highest BCUT2D eigenvalue weighted by atomic mass is 16.4. The van der Waals surface area contributed by atoms with Crippen LogP contribution < -0.4 is 5.32 Å². The molecular weight excluding hydrogens is 218 g/mol. The van der Waals surface area contributed by atoms with E-state index in [1.807, 2.05) is 12.1 Å². The highest BCUT2D eigenvalue weighted by Crippen LogP contribution is 2.19. The Labute approximate surface area is 98.5 Å². The maximum Gasteiger partial charge on any atom is 0.303 e. The lowest BCUT2D eigenvalue weighted by molar-refractivity contribution is -0.137. The molecule has 0 spiro atoms. The molecule has 0 aliphatic heterocycles. The minimum atomic E-state index is -0.770. The smallest absolute Gasteiger partial charge is 0.303 e. The van der Waals surface area contributed by atoms with Crippen LogP contribution in [0.4, 0.5) is 5.69 Å². The molecule has 0 saturated carbocycles. The van der Waals surface area contributed by atoms with Crippen LogP contribution in [-0.4, -0.2) is 27.6 Å². The number of pyridine rings is 2. The first kappa shape index (κ1) is 11.3. The van der Waals surface area contributed by atoms with Crippen molar-refractivity contribution in [2.75, 3.05) is 11.9 Å². The van der Waals surface area contributed by atoms with E-state index in [9.17, 15) is 4.79 Å². The molecule has 0 amide bonds. The average molecular weight is 231 g/mol. The Morgan fingerprint density at radius 2 is 2.24 bits per heavy atom. The molecule has 0 radical (unpaired) electrons. The highest BCUT2D eigenvalue weighted by Gasteiger charge is 2.01. The zero-order chi connectivity index (χ0) is 12.1. The first-order valence-electron chi connectivity index (χ1n) is 5.42. The van der Waals surface area contributed by atoms with Crippen molar-refractivity contribution < 1.29 is 9.90 Å². The molecule has 2 rings (SSSR count). The van der Waals surface area contributed by atoms with E-state index < -0.39 is 5.97 Å². The fourth-order valence-electron chi connectivity index (χ4n) is 1.61.